The van der Waals surface area contributed by atoms with E-state index in [1.165, 1.54) is 22.4 Å². The summed E-state index contributed by atoms with van der Waals surface area (Å²) in [5, 5.41) is 4.79. The second kappa shape index (κ2) is 8.07. The Balaban J connectivity index is 1.42. The Bertz CT molecular complexity index is 975. The maximum absolute atomic E-state index is 13.7. The van der Waals surface area contributed by atoms with Gasteiger partial charge in [0.2, 0.25) is 5.91 Å². The van der Waals surface area contributed by atoms with Crippen LogP contribution in [0.2, 0.25) is 0 Å². The lowest BCUT2D eigenvalue weighted by molar-refractivity contribution is -0.116. The number of rotatable bonds is 7. The summed E-state index contributed by atoms with van der Waals surface area (Å²) in [7, 11) is 0. The fourth-order valence-corrected chi connectivity index (χ4v) is 3.54. The van der Waals surface area contributed by atoms with Gasteiger partial charge in [-0.1, -0.05) is 48.5 Å². The maximum Gasteiger partial charge on any atom is 0.225 e. The monoisotopic (exact) mass is 380 g/mol. The molecule has 0 saturated heterocycles. The Morgan fingerprint density at radius 1 is 0.964 bits per heavy atom. The van der Waals surface area contributed by atoms with Gasteiger partial charge in [0, 0.05) is 25.6 Å². The van der Waals surface area contributed by atoms with E-state index < -0.39 is 11.6 Å². The average molecular weight is 380 g/mol. The van der Waals surface area contributed by atoms with Gasteiger partial charge in [-0.15, -0.1) is 0 Å². The first-order valence-electron chi connectivity index (χ1n) is 9.56. The Labute approximate surface area is 163 Å². The molecule has 28 heavy (non-hydrogen) atoms. The molecular formula is C23H22F2N2O. The summed E-state index contributed by atoms with van der Waals surface area (Å²) in [5.41, 5.74) is 0.852. The zero-order chi connectivity index (χ0) is 19.5. The minimum atomic E-state index is -0.761. The van der Waals surface area contributed by atoms with Crippen molar-refractivity contribution in [3.05, 3.63) is 77.9 Å². The van der Waals surface area contributed by atoms with E-state index in [0.29, 0.717) is 12.6 Å². The summed E-state index contributed by atoms with van der Waals surface area (Å²) in [6, 6.07) is 18.5. The number of carbonyl (C=O) groups excluding carboxylic acids is 1. The molecule has 0 bridgehead atoms. The topological polar surface area (TPSA) is 32.3 Å². The Hall–Kier alpha value is -2.79. The number of para-hydroxylation sites is 1. The molecular weight excluding hydrogens is 358 g/mol. The first-order chi connectivity index (χ1) is 13.6. The molecule has 3 aromatic carbocycles. The summed E-state index contributed by atoms with van der Waals surface area (Å²) in [5.74, 6) is -1.90. The molecule has 0 spiro atoms. The van der Waals surface area contributed by atoms with Crippen LogP contribution < -0.4 is 5.32 Å². The van der Waals surface area contributed by atoms with Crippen molar-refractivity contribution in [3.8, 4) is 0 Å². The number of nitrogens with one attached hydrogen (secondary N) is 1. The van der Waals surface area contributed by atoms with Gasteiger partial charge in [0.15, 0.2) is 0 Å². The molecule has 0 unspecified atom stereocenters. The van der Waals surface area contributed by atoms with Crippen LogP contribution in [-0.2, 0) is 11.3 Å². The summed E-state index contributed by atoms with van der Waals surface area (Å²) >= 11 is 0. The van der Waals surface area contributed by atoms with Crippen molar-refractivity contribution in [2.75, 3.05) is 11.9 Å². The molecule has 1 aliphatic carbocycles. The Morgan fingerprint density at radius 2 is 1.64 bits per heavy atom. The molecule has 144 valence electrons. The summed E-state index contributed by atoms with van der Waals surface area (Å²) in [4.78, 5) is 14.5. The van der Waals surface area contributed by atoms with E-state index >= 15 is 0 Å². The molecule has 0 radical (unpaired) electrons. The molecule has 0 aromatic heterocycles. The molecule has 4 rings (SSSR count). The van der Waals surface area contributed by atoms with Crippen molar-refractivity contribution in [1.82, 2.24) is 4.90 Å². The quantitative estimate of drug-likeness (QED) is 0.618. The van der Waals surface area contributed by atoms with Crippen LogP contribution in [0.25, 0.3) is 10.8 Å². The molecule has 1 saturated carbocycles. The Kier molecular flexibility index (Phi) is 5.35. The third kappa shape index (κ3) is 4.20. The highest BCUT2D eigenvalue weighted by atomic mass is 19.1. The summed E-state index contributed by atoms with van der Waals surface area (Å²) in [6.07, 6.45) is 2.43. The minimum Gasteiger partial charge on any atom is -0.321 e. The minimum absolute atomic E-state index is 0.190. The van der Waals surface area contributed by atoms with Gasteiger partial charge in [-0.05, 0) is 41.3 Å². The van der Waals surface area contributed by atoms with Gasteiger partial charge >= 0.3 is 0 Å². The number of hydrogen-bond acceptors (Lipinski definition) is 2. The lowest BCUT2D eigenvalue weighted by Crippen LogP contribution is -2.29. The third-order valence-electron chi connectivity index (χ3n) is 5.17. The molecule has 1 fully saturated rings. The smallest absolute Gasteiger partial charge is 0.225 e. The predicted molar refractivity (Wildman–Crippen MR) is 107 cm³/mol. The average Bonchev–Trinajstić information content (AvgIpc) is 3.53. The third-order valence-corrected chi connectivity index (χ3v) is 5.17. The largest absolute Gasteiger partial charge is 0.321 e. The zero-order valence-electron chi connectivity index (χ0n) is 15.5. The number of nitrogens with zero attached hydrogens (tertiary/aromatic N) is 1. The van der Waals surface area contributed by atoms with E-state index in [1.807, 2.05) is 12.1 Å². The molecule has 1 aliphatic rings. The normalized spacial score (nSPS) is 13.8. The van der Waals surface area contributed by atoms with Crippen molar-refractivity contribution in [2.45, 2.75) is 31.8 Å². The van der Waals surface area contributed by atoms with Gasteiger partial charge in [-0.25, -0.2) is 8.78 Å². The van der Waals surface area contributed by atoms with E-state index in [0.717, 1.165) is 31.5 Å². The first kappa shape index (κ1) is 18.6. The van der Waals surface area contributed by atoms with Crippen LogP contribution in [0, 0.1) is 11.6 Å². The second-order valence-electron chi connectivity index (χ2n) is 7.23. The van der Waals surface area contributed by atoms with Crippen LogP contribution in [0.4, 0.5) is 14.5 Å². The van der Waals surface area contributed by atoms with E-state index in [1.54, 1.807) is 0 Å². The second-order valence-corrected chi connectivity index (χ2v) is 7.23. The molecule has 0 aliphatic heterocycles. The molecule has 3 nitrogen and oxygen atoms in total. The van der Waals surface area contributed by atoms with Gasteiger partial charge in [-0.2, -0.15) is 0 Å². The first-order valence-corrected chi connectivity index (χ1v) is 9.56. The van der Waals surface area contributed by atoms with E-state index in [2.05, 4.69) is 40.5 Å². The maximum atomic E-state index is 13.7. The lowest BCUT2D eigenvalue weighted by atomic mass is 10.0. The van der Waals surface area contributed by atoms with Crippen molar-refractivity contribution in [1.29, 1.82) is 0 Å². The number of fused-ring (bicyclic) bond motifs is 1. The van der Waals surface area contributed by atoms with Gasteiger partial charge in [0.05, 0.1) is 0 Å². The standard InChI is InChI=1S/C23H22F2N2O/c24-20-9-4-10-21(25)23(20)26-22(28)13-14-27(18-11-12-18)15-17-7-3-6-16-5-1-2-8-19(16)17/h1-10,18H,11-15H2,(H,26,28). The summed E-state index contributed by atoms with van der Waals surface area (Å²) in [6.45, 7) is 1.31. The SMILES string of the molecule is O=C(CCN(Cc1cccc2ccccc12)C1CC1)Nc1c(F)cccc1F. The van der Waals surface area contributed by atoms with Crippen LogP contribution in [0.5, 0.6) is 0 Å². The molecule has 3 aromatic rings. The molecule has 1 N–H and O–H groups in total. The van der Waals surface area contributed by atoms with Gasteiger partial charge in [0.25, 0.3) is 0 Å². The van der Waals surface area contributed by atoms with Crippen LogP contribution in [0.15, 0.2) is 60.7 Å². The van der Waals surface area contributed by atoms with E-state index in [9.17, 15) is 13.6 Å². The highest BCUT2D eigenvalue weighted by Gasteiger charge is 2.29. The molecule has 1 amide bonds. The highest BCUT2D eigenvalue weighted by Crippen LogP contribution is 2.30. The number of anilines is 1. The van der Waals surface area contributed by atoms with E-state index in [4.69, 9.17) is 0 Å². The highest BCUT2D eigenvalue weighted by molar-refractivity contribution is 5.91. The van der Waals surface area contributed by atoms with Gasteiger partial charge < -0.3 is 5.32 Å². The van der Waals surface area contributed by atoms with Crippen LogP contribution in [0.3, 0.4) is 0 Å². The zero-order valence-corrected chi connectivity index (χ0v) is 15.5. The van der Waals surface area contributed by atoms with Crippen molar-refractivity contribution < 1.29 is 13.6 Å². The fourth-order valence-electron chi connectivity index (χ4n) is 3.54. The predicted octanol–water partition coefficient (Wildman–Crippen LogP) is 5.11. The van der Waals surface area contributed by atoms with E-state index in [-0.39, 0.29) is 18.0 Å². The molecule has 5 heteroatoms. The van der Waals surface area contributed by atoms with Crippen molar-refractivity contribution in [2.24, 2.45) is 0 Å². The molecule has 0 atom stereocenters. The van der Waals surface area contributed by atoms with Crippen LogP contribution >= 0.6 is 0 Å². The lowest BCUT2D eigenvalue weighted by Gasteiger charge is -2.22. The fraction of sp³-hybridized carbons (Fsp3) is 0.261. The number of hydrogen-bond donors (Lipinski definition) is 1. The number of halogens is 2. The van der Waals surface area contributed by atoms with Crippen LogP contribution in [-0.4, -0.2) is 23.4 Å². The van der Waals surface area contributed by atoms with Crippen molar-refractivity contribution in [3.63, 3.8) is 0 Å². The van der Waals surface area contributed by atoms with Crippen LogP contribution in [0.1, 0.15) is 24.8 Å². The van der Waals surface area contributed by atoms with Crippen molar-refractivity contribution >= 4 is 22.4 Å². The number of benzene rings is 3. The number of carbonyl (C=O) groups is 1. The number of amides is 1. The van der Waals surface area contributed by atoms with Gasteiger partial charge in [-0.3, -0.25) is 9.69 Å². The molecule has 0 heterocycles. The summed E-state index contributed by atoms with van der Waals surface area (Å²) < 4.78 is 27.4. The van der Waals surface area contributed by atoms with Gasteiger partial charge in [0.1, 0.15) is 17.3 Å². The Morgan fingerprint density at radius 3 is 2.39 bits per heavy atom.